The van der Waals surface area contributed by atoms with Crippen LogP contribution >= 0.6 is 15.9 Å². The highest BCUT2D eigenvalue weighted by Crippen LogP contribution is 2.30. The molecule has 5 heteroatoms. The first kappa shape index (κ1) is 17.7. The van der Waals surface area contributed by atoms with Gasteiger partial charge in [0.05, 0.1) is 0 Å². The largest absolute Gasteiger partial charge is 0.352 e. The van der Waals surface area contributed by atoms with E-state index in [0.29, 0.717) is 6.54 Å². The number of rotatable bonds is 5. The highest BCUT2D eigenvalue weighted by molar-refractivity contribution is 9.10. The Morgan fingerprint density at radius 2 is 1.83 bits per heavy atom. The first-order valence-electron chi connectivity index (χ1n) is 7.97. The first-order chi connectivity index (χ1) is 11.0. The molecule has 1 aromatic rings. The number of benzene rings is 1. The molecule has 0 saturated heterocycles. The van der Waals surface area contributed by atoms with Gasteiger partial charge in [-0.3, -0.25) is 9.59 Å². The number of amides is 2. The second-order valence-corrected chi connectivity index (χ2v) is 6.89. The average molecular weight is 379 g/mol. The van der Waals surface area contributed by atoms with Gasteiger partial charge < -0.3 is 10.6 Å². The standard InChI is InChI=1S/C18H23BrN2O2/c1-3-10-20-17(22)13-5-7-14(8-6-13)18(23)21-15-9-4-12(2)16(19)11-15/h3-4,9,11,13-14H,1,5-8,10H2,2H3,(H,20,22)(H,21,23). The van der Waals surface area contributed by atoms with E-state index in [9.17, 15) is 9.59 Å². The van der Waals surface area contributed by atoms with Crippen LogP contribution in [0, 0.1) is 18.8 Å². The summed E-state index contributed by atoms with van der Waals surface area (Å²) in [7, 11) is 0. The summed E-state index contributed by atoms with van der Waals surface area (Å²) in [5.41, 5.74) is 1.94. The molecule has 0 aliphatic heterocycles. The molecule has 0 heterocycles. The first-order valence-corrected chi connectivity index (χ1v) is 8.76. The zero-order chi connectivity index (χ0) is 16.8. The number of aryl methyl sites for hydroxylation is 1. The maximum absolute atomic E-state index is 12.4. The van der Waals surface area contributed by atoms with E-state index in [-0.39, 0.29) is 23.7 Å². The van der Waals surface area contributed by atoms with Crippen LogP contribution in [0.1, 0.15) is 31.2 Å². The fourth-order valence-corrected chi connectivity index (χ4v) is 3.23. The Hall–Kier alpha value is -1.62. The molecule has 0 aromatic heterocycles. The number of carbonyl (C=O) groups is 2. The van der Waals surface area contributed by atoms with E-state index in [1.807, 2.05) is 25.1 Å². The minimum absolute atomic E-state index is 0.0152. The summed E-state index contributed by atoms with van der Waals surface area (Å²) in [4.78, 5) is 24.3. The summed E-state index contributed by atoms with van der Waals surface area (Å²) < 4.78 is 0.984. The lowest BCUT2D eigenvalue weighted by molar-refractivity contribution is -0.128. The van der Waals surface area contributed by atoms with Crippen LogP contribution in [0.4, 0.5) is 5.69 Å². The van der Waals surface area contributed by atoms with Gasteiger partial charge in [0.25, 0.3) is 0 Å². The molecule has 2 amide bonds. The van der Waals surface area contributed by atoms with Crippen molar-refractivity contribution in [3.05, 3.63) is 40.9 Å². The highest BCUT2D eigenvalue weighted by Gasteiger charge is 2.29. The van der Waals surface area contributed by atoms with Crippen molar-refractivity contribution >= 4 is 33.4 Å². The topological polar surface area (TPSA) is 58.2 Å². The molecule has 2 rings (SSSR count). The fraction of sp³-hybridized carbons (Fsp3) is 0.444. The molecule has 0 radical (unpaired) electrons. The molecule has 23 heavy (non-hydrogen) atoms. The molecule has 1 fully saturated rings. The maximum atomic E-state index is 12.4. The fourth-order valence-electron chi connectivity index (χ4n) is 2.85. The number of carbonyl (C=O) groups excluding carboxylic acids is 2. The van der Waals surface area contributed by atoms with Crippen molar-refractivity contribution in [3.63, 3.8) is 0 Å². The Balaban J connectivity index is 1.84. The van der Waals surface area contributed by atoms with Crippen LogP contribution in [0.25, 0.3) is 0 Å². The van der Waals surface area contributed by atoms with Crippen LogP contribution in [0.15, 0.2) is 35.3 Å². The lowest BCUT2D eigenvalue weighted by atomic mass is 9.81. The van der Waals surface area contributed by atoms with E-state index in [4.69, 9.17) is 0 Å². The van der Waals surface area contributed by atoms with E-state index in [1.165, 1.54) is 0 Å². The molecule has 124 valence electrons. The van der Waals surface area contributed by atoms with Gasteiger partial charge in [-0.25, -0.2) is 0 Å². The van der Waals surface area contributed by atoms with Crippen molar-refractivity contribution in [1.29, 1.82) is 0 Å². The smallest absolute Gasteiger partial charge is 0.227 e. The second kappa shape index (κ2) is 8.29. The van der Waals surface area contributed by atoms with E-state index in [1.54, 1.807) is 6.08 Å². The predicted octanol–water partition coefficient (Wildman–Crippen LogP) is 3.80. The van der Waals surface area contributed by atoms with Crippen molar-refractivity contribution in [2.24, 2.45) is 11.8 Å². The number of hydrogen-bond acceptors (Lipinski definition) is 2. The van der Waals surface area contributed by atoms with Crippen LogP contribution in [-0.4, -0.2) is 18.4 Å². The number of nitrogens with one attached hydrogen (secondary N) is 2. The number of anilines is 1. The monoisotopic (exact) mass is 378 g/mol. The Kier molecular flexibility index (Phi) is 6.39. The maximum Gasteiger partial charge on any atom is 0.227 e. The Labute approximate surface area is 145 Å². The van der Waals surface area contributed by atoms with Crippen molar-refractivity contribution in [3.8, 4) is 0 Å². The third-order valence-corrected chi connectivity index (χ3v) is 5.18. The van der Waals surface area contributed by atoms with E-state index in [2.05, 4.69) is 33.1 Å². The Morgan fingerprint density at radius 1 is 1.22 bits per heavy atom. The van der Waals surface area contributed by atoms with Gasteiger partial charge in [0.1, 0.15) is 0 Å². The van der Waals surface area contributed by atoms with E-state index >= 15 is 0 Å². The molecule has 0 atom stereocenters. The highest BCUT2D eigenvalue weighted by atomic mass is 79.9. The Morgan fingerprint density at radius 3 is 2.39 bits per heavy atom. The molecule has 0 spiro atoms. The van der Waals surface area contributed by atoms with Crippen molar-refractivity contribution in [2.75, 3.05) is 11.9 Å². The van der Waals surface area contributed by atoms with Crippen LogP contribution in [-0.2, 0) is 9.59 Å². The molecule has 1 aromatic carbocycles. The zero-order valence-electron chi connectivity index (χ0n) is 13.4. The molecule has 2 N–H and O–H groups in total. The summed E-state index contributed by atoms with van der Waals surface area (Å²) in [6, 6.07) is 5.80. The van der Waals surface area contributed by atoms with Gasteiger partial charge in [-0.2, -0.15) is 0 Å². The predicted molar refractivity (Wildman–Crippen MR) is 96.2 cm³/mol. The molecule has 1 aliphatic carbocycles. The summed E-state index contributed by atoms with van der Waals surface area (Å²) in [6.07, 6.45) is 4.71. The van der Waals surface area contributed by atoms with Crippen molar-refractivity contribution < 1.29 is 9.59 Å². The molecule has 1 saturated carbocycles. The van der Waals surface area contributed by atoms with Gasteiger partial charge in [-0.05, 0) is 50.3 Å². The number of hydrogen-bond donors (Lipinski definition) is 2. The minimum atomic E-state index is -0.0152. The summed E-state index contributed by atoms with van der Waals surface area (Å²) in [5.74, 6) is 0.128. The van der Waals surface area contributed by atoms with Gasteiger partial charge in [0.15, 0.2) is 0 Å². The molecule has 4 nitrogen and oxygen atoms in total. The second-order valence-electron chi connectivity index (χ2n) is 6.04. The third-order valence-electron chi connectivity index (χ3n) is 4.33. The normalized spacial score (nSPS) is 20.6. The van der Waals surface area contributed by atoms with Crippen LogP contribution in [0.3, 0.4) is 0 Å². The van der Waals surface area contributed by atoms with E-state index < -0.39 is 0 Å². The molecular formula is C18H23BrN2O2. The van der Waals surface area contributed by atoms with Gasteiger partial charge in [-0.15, -0.1) is 6.58 Å². The zero-order valence-corrected chi connectivity index (χ0v) is 15.0. The van der Waals surface area contributed by atoms with Crippen LogP contribution in [0.5, 0.6) is 0 Å². The van der Waals surface area contributed by atoms with E-state index in [0.717, 1.165) is 41.4 Å². The van der Waals surface area contributed by atoms with Crippen LogP contribution < -0.4 is 10.6 Å². The molecular weight excluding hydrogens is 356 g/mol. The van der Waals surface area contributed by atoms with Crippen LogP contribution in [0.2, 0.25) is 0 Å². The summed E-state index contributed by atoms with van der Waals surface area (Å²) in [5, 5.41) is 5.81. The summed E-state index contributed by atoms with van der Waals surface area (Å²) in [6.45, 7) is 6.10. The van der Waals surface area contributed by atoms with Crippen molar-refractivity contribution in [1.82, 2.24) is 5.32 Å². The third kappa shape index (κ3) is 4.93. The lowest BCUT2D eigenvalue weighted by Crippen LogP contribution is -2.35. The molecule has 1 aliphatic rings. The summed E-state index contributed by atoms with van der Waals surface area (Å²) >= 11 is 3.47. The quantitative estimate of drug-likeness (QED) is 0.765. The van der Waals surface area contributed by atoms with Gasteiger partial charge in [0.2, 0.25) is 11.8 Å². The SMILES string of the molecule is C=CCNC(=O)C1CCC(C(=O)Nc2ccc(C)c(Br)c2)CC1. The van der Waals surface area contributed by atoms with Gasteiger partial charge in [0, 0.05) is 28.5 Å². The number of halogens is 1. The Bertz CT molecular complexity index is 593. The molecule has 0 bridgehead atoms. The van der Waals surface area contributed by atoms with Crippen molar-refractivity contribution in [2.45, 2.75) is 32.6 Å². The lowest BCUT2D eigenvalue weighted by Gasteiger charge is -2.27. The molecule has 0 unspecified atom stereocenters. The van der Waals surface area contributed by atoms with Gasteiger partial charge >= 0.3 is 0 Å². The van der Waals surface area contributed by atoms with Gasteiger partial charge in [-0.1, -0.05) is 28.1 Å². The minimum Gasteiger partial charge on any atom is -0.352 e. The average Bonchev–Trinajstić information content (AvgIpc) is 2.56.